The Morgan fingerprint density at radius 3 is 2.22 bits per heavy atom. The fourth-order valence-electron chi connectivity index (χ4n) is 4.71. The summed E-state index contributed by atoms with van der Waals surface area (Å²) in [5.74, 6) is -0.327. The van der Waals surface area contributed by atoms with Crippen LogP contribution in [0.15, 0.2) is 77.3 Å². The second-order valence-corrected chi connectivity index (χ2v) is 11.0. The molecule has 1 fully saturated rings. The van der Waals surface area contributed by atoms with Crippen LogP contribution in [0.25, 0.3) is 0 Å². The van der Waals surface area contributed by atoms with Crippen LogP contribution in [0, 0.1) is 0 Å². The standard InChI is InChI=1S/C29H29BrCl2N2O2/c30-22-11-6-10-21(16-22)19-34(28(35)18-24-25(31)14-7-15-26(24)32)27(17-20-8-2-1-3-9-20)29(36)33-23-12-4-5-13-23/h1-3,6-11,14-16,23,27H,4-5,12-13,17-19H2,(H,33,36)/t27-/m0/s1. The van der Waals surface area contributed by atoms with Gasteiger partial charge >= 0.3 is 0 Å². The second-order valence-electron chi connectivity index (χ2n) is 9.22. The topological polar surface area (TPSA) is 49.4 Å². The number of hydrogen-bond donors (Lipinski definition) is 1. The summed E-state index contributed by atoms with van der Waals surface area (Å²) in [7, 11) is 0. The van der Waals surface area contributed by atoms with Gasteiger partial charge in [0.1, 0.15) is 6.04 Å². The first kappa shape index (κ1) is 26.7. The van der Waals surface area contributed by atoms with Crippen molar-refractivity contribution in [3.05, 3.63) is 104 Å². The van der Waals surface area contributed by atoms with Gasteiger partial charge in [0.2, 0.25) is 11.8 Å². The van der Waals surface area contributed by atoms with Crippen LogP contribution in [0.3, 0.4) is 0 Å². The molecule has 3 aromatic rings. The van der Waals surface area contributed by atoms with Gasteiger partial charge in [-0.05, 0) is 53.8 Å². The van der Waals surface area contributed by atoms with E-state index in [0.717, 1.165) is 41.3 Å². The molecule has 188 valence electrons. The molecule has 7 heteroatoms. The number of rotatable bonds is 9. The van der Waals surface area contributed by atoms with Crippen LogP contribution in [-0.4, -0.2) is 28.8 Å². The molecule has 0 spiro atoms. The van der Waals surface area contributed by atoms with Gasteiger partial charge in [0.25, 0.3) is 0 Å². The number of hydrogen-bond acceptors (Lipinski definition) is 2. The Hall–Kier alpha value is -2.34. The summed E-state index contributed by atoms with van der Waals surface area (Å²) in [4.78, 5) is 29.3. The molecule has 0 bridgehead atoms. The first-order valence-corrected chi connectivity index (χ1v) is 13.8. The first-order chi connectivity index (χ1) is 17.4. The molecule has 1 aliphatic rings. The summed E-state index contributed by atoms with van der Waals surface area (Å²) >= 11 is 16.3. The minimum Gasteiger partial charge on any atom is -0.352 e. The van der Waals surface area contributed by atoms with Crippen LogP contribution in [0.1, 0.15) is 42.4 Å². The lowest BCUT2D eigenvalue weighted by Crippen LogP contribution is -2.52. The molecule has 36 heavy (non-hydrogen) atoms. The minimum atomic E-state index is -0.680. The second kappa shape index (κ2) is 12.8. The third-order valence-corrected chi connectivity index (χ3v) is 7.81. The normalized spacial score (nSPS) is 14.4. The lowest BCUT2D eigenvalue weighted by molar-refractivity contribution is -0.141. The highest BCUT2D eigenvalue weighted by atomic mass is 79.9. The van der Waals surface area contributed by atoms with Crippen LogP contribution in [0.5, 0.6) is 0 Å². The molecule has 1 N–H and O–H groups in total. The quantitative estimate of drug-likeness (QED) is 0.293. The summed E-state index contributed by atoms with van der Waals surface area (Å²) in [6.07, 6.45) is 4.58. The van der Waals surface area contributed by atoms with Gasteiger partial charge < -0.3 is 10.2 Å². The monoisotopic (exact) mass is 586 g/mol. The summed E-state index contributed by atoms with van der Waals surface area (Å²) in [5.41, 5.74) is 2.49. The van der Waals surface area contributed by atoms with Crippen molar-refractivity contribution in [1.82, 2.24) is 10.2 Å². The highest BCUT2D eigenvalue weighted by molar-refractivity contribution is 9.10. The van der Waals surface area contributed by atoms with Gasteiger partial charge in [-0.15, -0.1) is 0 Å². The fraction of sp³-hybridized carbons (Fsp3) is 0.310. The molecule has 0 aromatic heterocycles. The minimum absolute atomic E-state index is 0.00844. The van der Waals surface area contributed by atoms with E-state index in [1.165, 1.54) is 0 Å². The van der Waals surface area contributed by atoms with Gasteiger partial charge in [-0.1, -0.05) is 101 Å². The van der Waals surface area contributed by atoms with E-state index in [-0.39, 0.29) is 30.8 Å². The Kier molecular flexibility index (Phi) is 9.47. The molecule has 0 saturated heterocycles. The zero-order chi connectivity index (χ0) is 25.5. The summed E-state index contributed by atoms with van der Waals surface area (Å²) in [6, 6.07) is 22.3. The van der Waals surface area contributed by atoms with E-state index in [2.05, 4.69) is 21.2 Å². The molecule has 0 heterocycles. The predicted octanol–water partition coefficient (Wildman–Crippen LogP) is 7.00. The molecule has 1 aliphatic carbocycles. The van der Waals surface area contributed by atoms with E-state index < -0.39 is 6.04 Å². The van der Waals surface area contributed by atoms with Gasteiger partial charge in [0, 0.05) is 33.5 Å². The van der Waals surface area contributed by atoms with Gasteiger partial charge in [-0.3, -0.25) is 9.59 Å². The highest BCUT2D eigenvalue weighted by Crippen LogP contribution is 2.27. The third kappa shape index (κ3) is 7.12. The van der Waals surface area contributed by atoms with E-state index in [0.29, 0.717) is 22.0 Å². The van der Waals surface area contributed by atoms with Crippen molar-refractivity contribution in [3.63, 3.8) is 0 Å². The largest absolute Gasteiger partial charge is 0.352 e. The molecule has 4 nitrogen and oxygen atoms in total. The van der Waals surface area contributed by atoms with Crippen molar-refractivity contribution in [2.45, 2.75) is 57.2 Å². The van der Waals surface area contributed by atoms with Crippen molar-refractivity contribution in [2.24, 2.45) is 0 Å². The molecule has 1 saturated carbocycles. The molecular weight excluding hydrogens is 559 g/mol. The molecule has 2 amide bonds. The van der Waals surface area contributed by atoms with E-state index >= 15 is 0 Å². The maximum atomic E-state index is 13.9. The number of carbonyl (C=O) groups excluding carboxylic acids is 2. The number of nitrogens with zero attached hydrogens (tertiary/aromatic N) is 1. The molecule has 4 rings (SSSR count). The number of benzene rings is 3. The summed E-state index contributed by atoms with van der Waals surface area (Å²) in [6.45, 7) is 0.288. The molecule has 0 aliphatic heterocycles. The summed E-state index contributed by atoms with van der Waals surface area (Å²) in [5, 5.41) is 4.10. The van der Waals surface area contributed by atoms with Crippen molar-refractivity contribution >= 4 is 50.9 Å². The van der Waals surface area contributed by atoms with Gasteiger partial charge in [0.15, 0.2) is 0 Å². The zero-order valence-electron chi connectivity index (χ0n) is 19.9. The van der Waals surface area contributed by atoms with Crippen molar-refractivity contribution in [3.8, 4) is 0 Å². The lowest BCUT2D eigenvalue weighted by Gasteiger charge is -2.32. The smallest absolute Gasteiger partial charge is 0.243 e. The van der Waals surface area contributed by atoms with E-state index in [1.54, 1.807) is 23.1 Å². The number of nitrogens with one attached hydrogen (secondary N) is 1. The van der Waals surface area contributed by atoms with Gasteiger partial charge in [-0.25, -0.2) is 0 Å². The molecule has 0 radical (unpaired) electrons. The Morgan fingerprint density at radius 2 is 1.56 bits per heavy atom. The Labute approximate surface area is 231 Å². The highest BCUT2D eigenvalue weighted by Gasteiger charge is 2.32. The van der Waals surface area contributed by atoms with Crippen LogP contribution in [-0.2, 0) is 29.0 Å². The van der Waals surface area contributed by atoms with E-state index in [1.807, 2.05) is 54.6 Å². The Bertz CT molecular complexity index is 1180. The average molecular weight is 588 g/mol. The molecule has 0 unspecified atom stereocenters. The van der Waals surface area contributed by atoms with Crippen LogP contribution in [0.4, 0.5) is 0 Å². The van der Waals surface area contributed by atoms with E-state index in [9.17, 15) is 9.59 Å². The summed E-state index contributed by atoms with van der Waals surface area (Å²) < 4.78 is 0.913. The van der Waals surface area contributed by atoms with Crippen LogP contribution in [0.2, 0.25) is 10.0 Å². The van der Waals surface area contributed by atoms with E-state index in [4.69, 9.17) is 23.2 Å². The zero-order valence-corrected chi connectivity index (χ0v) is 23.0. The predicted molar refractivity (Wildman–Crippen MR) is 149 cm³/mol. The first-order valence-electron chi connectivity index (χ1n) is 12.2. The van der Waals surface area contributed by atoms with Crippen molar-refractivity contribution < 1.29 is 9.59 Å². The van der Waals surface area contributed by atoms with Gasteiger partial charge in [-0.2, -0.15) is 0 Å². The van der Waals surface area contributed by atoms with Crippen molar-refractivity contribution in [1.29, 1.82) is 0 Å². The average Bonchev–Trinajstić information content (AvgIpc) is 3.37. The fourth-order valence-corrected chi connectivity index (χ4v) is 5.69. The van der Waals surface area contributed by atoms with Crippen LogP contribution >= 0.6 is 39.1 Å². The van der Waals surface area contributed by atoms with Crippen LogP contribution < -0.4 is 5.32 Å². The number of carbonyl (C=O) groups is 2. The Balaban J connectivity index is 1.69. The third-order valence-electron chi connectivity index (χ3n) is 6.60. The van der Waals surface area contributed by atoms with Gasteiger partial charge in [0.05, 0.1) is 6.42 Å². The van der Waals surface area contributed by atoms with Crippen molar-refractivity contribution in [2.75, 3.05) is 0 Å². The molecular formula is C29H29BrCl2N2O2. The number of halogens is 3. The Morgan fingerprint density at radius 1 is 0.917 bits per heavy atom. The molecule has 1 atom stereocenters. The number of amides is 2. The SMILES string of the molecule is O=C(NC1CCCC1)[C@H](Cc1ccccc1)N(Cc1cccc(Br)c1)C(=O)Cc1c(Cl)cccc1Cl. The molecule has 3 aromatic carbocycles. The lowest BCUT2D eigenvalue weighted by atomic mass is 10.0. The maximum absolute atomic E-state index is 13.9. The maximum Gasteiger partial charge on any atom is 0.243 e.